The van der Waals surface area contributed by atoms with E-state index in [1.165, 1.54) is 11.6 Å². The molecule has 116 valence electrons. The molecule has 0 amide bonds. The summed E-state index contributed by atoms with van der Waals surface area (Å²) in [5.41, 5.74) is 1.95. The largest absolute Gasteiger partial charge is 0.493 e. The van der Waals surface area contributed by atoms with E-state index in [0.717, 1.165) is 0 Å². The second-order valence-electron chi connectivity index (χ2n) is 5.07. The topological polar surface area (TPSA) is 91.5 Å². The number of ketones is 1. The lowest BCUT2D eigenvalue weighted by molar-refractivity contribution is 0.103. The third-order valence-electron chi connectivity index (χ3n) is 3.88. The van der Waals surface area contributed by atoms with Crippen molar-refractivity contribution in [2.45, 2.75) is 13.3 Å². The molecule has 1 aliphatic carbocycles. The number of hydrogen-bond donors (Lipinski definition) is 0. The van der Waals surface area contributed by atoms with E-state index in [0.29, 0.717) is 46.3 Å². The summed E-state index contributed by atoms with van der Waals surface area (Å²) in [6.07, 6.45) is 0.650. The quantitative estimate of drug-likeness (QED) is 0.563. The maximum absolute atomic E-state index is 12.7. The Labute approximate surface area is 131 Å². The number of rotatable bonds is 3. The van der Waals surface area contributed by atoms with Gasteiger partial charge in [0.2, 0.25) is 5.78 Å². The van der Waals surface area contributed by atoms with E-state index in [1.54, 1.807) is 19.2 Å². The fourth-order valence-electron chi connectivity index (χ4n) is 2.73. The van der Waals surface area contributed by atoms with E-state index in [4.69, 9.17) is 9.47 Å². The van der Waals surface area contributed by atoms with E-state index >= 15 is 0 Å². The monoisotopic (exact) mass is 311 g/mol. The van der Waals surface area contributed by atoms with E-state index < -0.39 is 0 Å². The highest BCUT2D eigenvalue weighted by Crippen LogP contribution is 2.41. The van der Waals surface area contributed by atoms with E-state index in [1.807, 2.05) is 6.92 Å². The van der Waals surface area contributed by atoms with Crippen LogP contribution < -0.4 is 9.47 Å². The molecule has 0 spiro atoms. The fourth-order valence-corrected chi connectivity index (χ4v) is 2.73. The second kappa shape index (κ2) is 4.73. The lowest BCUT2D eigenvalue weighted by atomic mass is 10.1. The summed E-state index contributed by atoms with van der Waals surface area (Å²) < 4.78 is 12.1. The highest BCUT2D eigenvalue weighted by Gasteiger charge is 2.33. The minimum atomic E-state index is -0.193. The third kappa shape index (κ3) is 1.74. The van der Waals surface area contributed by atoms with Gasteiger partial charge in [-0.1, -0.05) is 6.92 Å². The molecular formula is C15H13N5O3. The average molecular weight is 311 g/mol. The smallest absolute Gasteiger partial charge is 0.272 e. The first-order valence-corrected chi connectivity index (χ1v) is 7.11. The van der Waals surface area contributed by atoms with Crippen LogP contribution in [0.5, 0.6) is 11.5 Å². The normalized spacial score (nSPS) is 12.4. The Bertz CT molecular complexity index is 963. The van der Waals surface area contributed by atoms with Crippen LogP contribution in [0.1, 0.15) is 28.8 Å². The maximum atomic E-state index is 12.7. The van der Waals surface area contributed by atoms with Crippen molar-refractivity contribution in [1.82, 2.24) is 24.8 Å². The summed E-state index contributed by atoms with van der Waals surface area (Å²) in [6.45, 7) is 1.94. The third-order valence-corrected chi connectivity index (χ3v) is 3.88. The molecule has 1 aromatic carbocycles. The molecule has 1 aliphatic rings. The van der Waals surface area contributed by atoms with Crippen molar-refractivity contribution >= 4 is 11.6 Å². The van der Waals surface area contributed by atoms with Crippen LogP contribution in [-0.4, -0.2) is 44.8 Å². The number of aryl methyl sites for hydroxylation is 1. The Hall–Kier alpha value is -3.03. The zero-order valence-corrected chi connectivity index (χ0v) is 12.8. The Balaban J connectivity index is 2.00. The number of methoxy groups -OCH3 is 2. The van der Waals surface area contributed by atoms with Crippen LogP contribution in [-0.2, 0) is 6.42 Å². The van der Waals surface area contributed by atoms with Gasteiger partial charge in [0.15, 0.2) is 23.0 Å². The fraction of sp³-hybridized carbons (Fsp3) is 0.267. The van der Waals surface area contributed by atoms with Gasteiger partial charge in [0.25, 0.3) is 5.78 Å². The second-order valence-corrected chi connectivity index (χ2v) is 5.07. The maximum Gasteiger partial charge on any atom is 0.272 e. The van der Waals surface area contributed by atoms with Gasteiger partial charge in [0.1, 0.15) is 5.69 Å². The molecule has 8 heteroatoms. The van der Waals surface area contributed by atoms with Gasteiger partial charge in [-0.05, 0) is 12.1 Å². The lowest BCUT2D eigenvalue weighted by Gasteiger charge is -2.09. The number of aromatic nitrogens is 5. The molecule has 3 aromatic rings. The predicted molar refractivity (Wildman–Crippen MR) is 79.9 cm³/mol. The van der Waals surface area contributed by atoms with Crippen LogP contribution in [0, 0.1) is 0 Å². The molecule has 0 unspecified atom stereocenters. The summed E-state index contributed by atoms with van der Waals surface area (Å²) in [6, 6.07) is 3.39. The van der Waals surface area contributed by atoms with Crippen LogP contribution in [0.15, 0.2) is 12.1 Å². The van der Waals surface area contributed by atoms with Crippen molar-refractivity contribution in [3.05, 3.63) is 29.2 Å². The van der Waals surface area contributed by atoms with Gasteiger partial charge >= 0.3 is 0 Å². The molecule has 0 fully saturated rings. The Morgan fingerprint density at radius 2 is 1.74 bits per heavy atom. The highest BCUT2D eigenvalue weighted by molar-refractivity contribution is 6.20. The molecule has 4 rings (SSSR count). The summed E-state index contributed by atoms with van der Waals surface area (Å²) in [7, 11) is 3.07. The van der Waals surface area contributed by atoms with E-state index in [2.05, 4.69) is 20.3 Å². The van der Waals surface area contributed by atoms with Crippen molar-refractivity contribution < 1.29 is 14.3 Å². The first-order valence-electron chi connectivity index (χ1n) is 7.11. The molecule has 0 saturated carbocycles. The average Bonchev–Trinajstić information content (AvgIpc) is 3.11. The highest BCUT2D eigenvalue weighted by atomic mass is 16.5. The van der Waals surface area contributed by atoms with Crippen molar-refractivity contribution in [1.29, 1.82) is 0 Å². The number of carbonyl (C=O) groups is 1. The van der Waals surface area contributed by atoms with Crippen LogP contribution >= 0.6 is 0 Å². The molecule has 0 saturated heterocycles. The van der Waals surface area contributed by atoms with Crippen LogP contribution in [0.3, 0.4) is 0 Å². The predicted octanol–water partition coefficient (Wildman–Crippen LogP) is 1.31. The number of benzene rings is 1. The van der Waals surface area contributed by atoms with Crippen molar-refractivity contribution in [3.8, 4) is 22.8 Å². The molecule has 0 aliphatic heterocycles. The number of ether oxygens (including phenoxy) is 2. The van der Waals surface area contributed by atoms with Gasteiger partial charge in [0, 0.05) is 17.5 Å². The first kappa shape index (κ1) is 13.6. The molecule has 23 heavy (non-hydrogen) atoms. The molecule has 2 aromatic heterocycles. The van der Waals surface area contributed by atoms with Gasteiger partial charge in [-0.15, -0.1) is 10.2 Å². The van der Waals surface area contributed by atoms with Gasteiger partial charge in [-0.3, -0.25) is 4.79 Å². The van der Waals surface area contributed by atoms with Crippen molar-refractivity contribution in [3.63, 3.8) is 0 Å². The summed E-state index contributed by atoms with van der Waals surface area (Å²) >= 11 is 0. The van der Waals surface area contributed by atoms with Crippen LogP contribution in [0.25, 0.3) is 17.0 Å². The van der Waals surface area contributed by atoms with Gasteiger partial charge in [0.05, 0.1) is 14.2 Å². The molecule has 0 radical (unpaired) electrons. The Kier molecular flexibility index (Phi) is 2.80. The van der Waals surface area contributed by atoms with Crippen LogP contribution in [0.4, 0.5) is 0 Å². The summed E-state index contributed by atoms with van der Waals surface area (Å²) in [5.74, 6) is 1.86. The molecule has 0 atom stereocenters. The summed E-state index contributed by atoms with van der Waals surface area (Å²) in [5, 5.41) is 12.4. The first-order chi connectivity index (χ1) is 11.2. The van der Waals surface area contributed by atoms with Crippen molar-refractivity contribution in [2.24, 2.45) is 0 Å². The van der Waals surface area contributed by atoms with Crippen LogP contribution in [0.2, 0.25) is 0 Å². The van der Waals surface area contributed by atoms with Crippen molar-refractivity contribution in [2.75, 3.05) is 14.2 Å². The Morgan fingerprint density at radius 1 is 1.04 bits per heavy atom. The SMILES string of the molecule is CCc1nnc2nc3c(nn12)C(=O)c1cc(OC)c(OC)cc1-3. The molecule has 0 bridgehead atoms. The number of carbonyl (C=O) groups excluding carboxylic acids is 1. The molecule has 0 N–H and O–H groups in total. The lowest BCUT2D eigenvalue weighted by Crippen LogP contribution is -2.07. The zero-order valence-electron chi connectivity index (χ0n) is 12.8. The van der Waals surface area contributed by atoms with Gasteiger partial charge in [-0.25, -0.2) is 4.98 Å². The summed E-state index contributed by atoms with van der Waals surface area (Å²) in [4.78, 5) is 17.1. The number of fused-ring (bicyclic) bond motifs is 4. The molecule has 8 nitrogen and oxygen atoms in total. The zero-order chi connectivity index (χ0) is 16.1. The minimum Gasteiger partial charge on any atom is -0.493 e. The molecular weight excluding hydrogens is 298 g/mol. The van der Waals surface area contributed by atoms with E-state index in [9.17, 15) is 4.79 Å². The minimum absolute atomic E-state index is 0.193. The Morgan fingerprint density at radius 3 is 2.39 bits per heavy atom. The van der Waals surface area contributed by atoms with E-state index in [-0.39, 0.29) is 11.5 Å². The molecule has 2 heterocycles. The van der Waals surface area contributed by atoms with Gasteiger partial charge < -0.3 is 9.47 Å². The van der Waals surface area contributed by atoms with Gasteiger partial charge in [-0.2, -0.15) is 9.61 Å². The standard InChI is InChI=1S/C15H13N5O3/c1-4-11-17-18-15-16-12-7-5-9(22-2)10(23-3)6-8(7)14(21)13(12)19-20(11)15/h5-6H,4H2,1-3H3. The number of nitrogens with zero attached hydrogens (tertiary/aromatic N) is 5. The number of hydrogen-bond acceptors (Lipinski definition) is 7.